The molecule has 1 aliphatic heterocycles. The molecule has 3 fully saturated rings. The molecule has 1 unspecified atom stereocenters. The molecule has 3 aromatic rings. The number of aliphatic hydroxyl groups is 2. The van der Waals surface area contributed by atoms with Gasteiger partial charge in [0.25, 0.3) is 0 Å². The number of nitrogen functional groups attached to an aromatic ring is 1. The lowest BCUT2D eigenvalue weighted by Crippen LogP contribution is -2.47. The highest BCUT2D eigenvalue weighted by molar-refractivity contribution is 7.52. The number of para-hydroxylation sites is 1. The summed E-state index contributed by atoms with van der Waals surface area (Å²) in [6.07, 6.45) is 1.89. The van der Waals surface area contributed by atoms with Crippen molar-refractivity contribution >= 4 is 25.1 Å². The number of fused-ring (bicyclic) bond motifs is 1. The third-order valence-corrected chi connectivity index (χ3v) is 9.95. The summed E-state index contributed by atoms with van der Waals surface area (Å²) in [5.41, 5.74) is 4.51. The Hall–Kier alpha value is -3.57. The van der Waals surface area contributed by atoms with Crippen molar-refractivity contribution in [3.05, 3.63) is 54.5 Å². The lowest BCUT2D eigenvalue weighted by Gasteiger charge is -2.30. The largest absolute Gasteiger partial charge is 0.464 e. The molecule has 3 aliphatic rings. The molecule has 0 spiro atoms. The van der Waals surface area contributed by atoms with Gasteiger partial charge in [0.15, 0.2) is 5.82 Å². The standard InChI is InChI=1S/C29H35N6O8P/c30-15-29(26(37)24(36)25(42-29)21-12-13-22-27(31)32-17-33-35(21)22)16-41-44(39,43-20-8-2-1-3-9-20)34-23(19-6-4-5-7-19)28(38)40-14-18-10-11-18/h1-3,8-9,12-13,17-19,23-26,36-37H,4-7,10-11,14,16H2,(H,34,39)(H2,31,32,33)/t23-,24-,25-,26-,29+,44?/m0/s1. The van der Waals surface area contributed by atoms with Crippen LogP contribution in [0, 0.1) is 23.2 Å². The molecule has 44 heavy (non-hydrogen) atoms. The van der Waals surface area contributed by atoms with Gasteiger partial charge in [-0.3, -0.25) is 9.32 Å². The monoisotopic (exact) mass is 626 g/mol. The van der Waals surface area contributed by atoms with E-state index in [1.807, 2.05) is 6.07 Å². The number of anilines is 1. The molecule has 2 saturated carbocycles. The summed E-state index contributed by atoms with van der Waals surface area (Å²) in [7, 11) is -4.43. The minimum atomic E-state index is -4.43. The maximum absolute atomic E-state index is 14.4. The van der Waals surface area contributed by atoms with Crippen molar-refractivity contribution in [1.29, 1.82) is 5.26 Å². The average molecular weight is 627 g/mol. The van der Waals surface area contributed by atoms with E-state index in [0.29, 0.717) is 17.1 Å². The molecule has 14 nitrogen and oxygen atoms in total. The number of nitriles is 1. The molecule has 3 heterocycles. The first kappa shape index (κ1) is 30.5. The minimum Gasteiger partial charge on any atom is -0.464 e. The molecule has 6 rings (SSSR count). The van der Waals surface area contributed by atoms with Crippen molar-refractivity contribution in [2.75, 3.05) is 18.9 Å². The van der Waals surface area contributed by atoms with Crippen LogP contribution in [0.15, 0.2) is 48.8 Å². The Balaban J connectivity index is 1.26. The average Bonchev–Trinajstić information content (AvgIpc) is 3.40. The molecule has 1 saturated heterocycles. The molecule has 0 amide bonds. The summed E-state index contributed by atoms with van der Waals surface area (Å²) in [4.78, 5) is 17.2. The zero-order valence-electron chi connectivity index (χ0n) is 23.9. The van der Waals surface area contributed by atoms with Crippen LogP contribution >= 0.6 is 7.75 Å². The Morgan fingerprint density at radius 2 is 1.95 bits per heavy atom. The first-order valence-electron chi connectivity index (χ1n) is 14.7. The van der Waals surface area contributed by atoms with Crippen LogP contribution in [0.3, 0.4) is 0 Å². The zero-order chi connectivity index (χ0) is 30.9. The molecular weight excluding hydrogens is 591 g/mol. The van der Waals surface area contributed by atoms with Gasteiger partial charge in [0.05, 0.1) is 12.3 Å². The van der Waals surface area contributed by atoms with Gasteiger partial charge in [0.2, 0.25) is 5.60 Å². The lowest BCUT2D eigenvalue weighted by atomic mass is 9.96. The van der Waals surface area contributed by atoms with Gasteiger partial charge in [0.1, 0.15) is 54.6 Å². The van der Waals surface area contributed by atoms with Gasteiger partial charge in [-0.05, 0) is 61.8 Å². The maximum Gasteiger partial charge on any atom is 0.459 e. The number of nitrogens with two attached hydrogens (primary N) is 1. The Morgan fingerprint density at radius 1 is 1.20 bits per heavy atom. The number of carbonyl (C=O) groups is 1. The number of benzene rings is 1. The van der Waals surface area contributed by atoms with Crippen molar-refractivity contribution in [1.82, 2.24) is 19.7 Å². The van der Waals surface area contributed by atoms with Gasteiger partial charge in [0, 0.05) is 0 Å². The predicted octanol–water partition coefficient (Wildman–Crippen LogP) is 2.67. The first-order chi connectivity index (χ1) is 21.2. The number of hydrogen-bond acceptors (Lipinski definition) is 12. The van der Waals surface area contributed by atoms with E-state index >= 15 is 0 Å². The van der Waals surface area contributed by atoms with Crippen molar-refractivity contribution in [3.8, 4) is 11.8 Å². The summed E-state index contributed by atoms with van der Waals surface area (Å²) in [5, 5.41) is 39.3. The molecule has 2 aliphatic carbocycles. The van der Waals surface area contributed by atoms with Crippen molar-refractivity contribution < 1.29 is 38.1 Å². The summed E-state index contributed by atoms with van der Waals surface area (Å²) in [6.45, 7) is -0.486. The maximum atomic E-state index is 14.4. The third-order valence-electron chi connectivity index (χ3n) is 8.44. The number of hydrogen-bond donors (Lipinski definition) is 4. The topological polar surface area (TPSA) is 204 Å². The van der Waals surface area contributed by atoms with E-state index in [1.54, 1.807) is 42.5 Å². The number of nitrogens with zero attached hydrogens (tertiary/aromatic N) is 4. The number of aliphatic hydroxyl groups excluding tert-OH is 2. The highest BCUT2D eigenvalue weighted by Crippen LogP contribution is 2.49. The van der Waals surface area contributed by atoms with E-state index in [0.717, 1.165) is 38.5 Å². The van der Waals surface area contributed by atoms with Crippen molar-refractivity contribution in [2.24, 2.45) is 11.8 Å². The van der Waals surface area contributed by atoms with E-state index in [2.05, 4.69) is 15.2 Å². The fourth-order valence-electron chi connectivity index (χ4n) is 5.75. The van der Waals surface area contributed by atoms with Crippen LogP contribution < -0.4 is 15.3 Å². The van der Waals surface area contributed by atoms with Crippen LogP contribution in [0.25, 0.3) is 5.52 Å². The van der Waals surface area contributed by atoms with Crippen LogP contribution in [0.4, 0.5) is 5.82 Å². The Kier molecular flexibility index (Phi) is 8.61. The second-order valence-corrected chi connectivity index (χ2v) is 13.3. The predicted molar refractivity (Wildman–Crippen MR) is 155 cm³/mol. The quantitative estimate of drug-likeness (QED) is 0.169. The molecule has 0 bridgehead atoms. The van der Waals surface area contributed by atoms with Gasteiger partial charge in [-0.1, -0.05) is 31.0 Å². The second-order valence-electron chi connectivity index (χ2n) is 11.6. The smallest absolute Gasteiger partial charge is 0.459 e. The van der Waals surface area contributed by atoms with Gasteiger partial charge >= 0.3 is 13.7 Å². The van der Waals surface area contributed by atoms with E-state index in [1.165, 1.54) is 10.8 Å². The number of rotatable bonds is 12. The molecule has 0 radical (unpaired) electrons. The fourth-order valence-corrected chi connectivity index (χ4v) is 7.35. The Morgan fingerprint density at radius 3 is 2.66 bits per heavy atom. The fraction of sp³-hybridized carbons (Fsp3) is 0.517. The van der Waals surface area contributed by atoms with Gasteiger partial charge in [-0.25, -0.2) is 14.1 Å². The first-order valence-corrected chi connectivity index (χ1v) is 16.2. The molecule has 1 aromatic carbocycles. The highest BCUT2D eigenvalue weighted by atomic mass is 31.2. The van der Waals surface area contributed by atoms with E-state index in [9.17, 15) is 24.8 Å². The van der Waals surface area contributed by atoms with Gasteiger partial charge in [-0.2, -0.15) is 15.4 Å². The van der Waals surface area contributed by atoms with Gasteiger partial charge < -0.3 is 29.9 Å². The lowest BCUT2D eigenvalue weighted by molar-refractivity contribution is -0.147. The number of nitrogens with one attached hydrogen (secondary N) is 1. The molecule has 234 valence electrons. The second kappa shape index (κ2) is 12.4. The molecular formula is C29H35N6O8P. The molecule has 5 N–H and O–H groups in total. The number of ether oxygens (including phenoxy) is 2. The van der Waals surface area contributed by atoms with Crippen molar-refractivity contribution in [2.45, 2.75) is 68.5 Å². The van der Waals surface area contributed by atoms with Crippen LogP contribution in [0.5, 0.6) is 5.75 Å². The number of carbonyl (C=O) groups excluding carboxylic acids is 1. The summed E-state index contributed by atoms with van der Waals surface area (Å²) >= 11 is 0. The highest BCUT2D eigenvalue weighted by Gasteiger charge is 2.57. The van der Waals surface area contributed by atoms with Crippen LogP contribution in [0.2, 0.25) is 0 Å². The number of esters is 1. The van der Waals surface area contributed by atoms with E-state index < -0.39 is 50.3 Å². The molecule has 2 aromatic heterocycles. The van der Waals surface area contributed by atoms with Crippen LogP contribution in [0.1, 0.15) is 50.3 Å². The van der Waals surface area contributed by atoms with Gasteiger partial charge in [-0.15, -0.1) is 0 Å². The summed E-state index contributed by atoms with van der Waals surface area (Å²) < 4.78 is 39.0. The Bertz CT molecular complexity index is 1570. The third kappa shape index (κ3) is 6.17. The van der Waals surface area contributed by atoms with Crippen LogP contribution in [-0.4, -0.2) is 67.8 Å². The number of aromatic nitrogens is 3. The van der Waals surface area contributed by atoms with Crippen molar-refractivity contribution in [3.63, 3.8) is 0 Å². The summed E-state index contributed by atoms with van der Waals surface area (Å²) in [5.74, 6) is -0.00333. The SMILES string of the molecule is N#C[C@]1(COP(=O)(N[C@H](C(=O)OCC2CC2)C2CCCC2)Oc2ccccc2)O[C@@H](c2ccc3c(N)ncnn23)[C@H](O)[C@@H]1O. The molecule has 15 heteroatoms. The van der Waals surface area contributed by atoms with E-state index in [4.69, 9.17) is 24.3 Å². The molecule has 6 atom stereocenters. The zero-order valence-corrected chi connectivity index (χ0v) is 24.8. The van der Waals surface area contributed by atoms with E-state index in [-0.39, 0.29) is 24.1 Å². The van der Waals surface area contributed by atoms with Crippen LogP contribution in [-0.2, 0) is 23.4 Å². The summed E-state index contributed by atoms with van der Waals surface area (Å²) in [6, 6.07) is 12.4. The minimum absolute atomic E-state index is 0.167. The Labute approximate surface area is 253 Å². The normalized spacial score (nSPS) is 27.5.